The number of ether oxygens (including phenoxy) is 1. The highest BCUT2D eigenvalue weighted by Crippen LogP contribution is 2.31. The molecular formula is C27H29F3N4O3. The lowest BCUT2D eigenvalue weighted by Gasteiger charge is -2.30. The minimum absolute atomic E-state index is 0.0785. The van der Waals surface area contributed by atoms with Crippen LogP contribution in [-0.4, -0.2) is 66.6 Å². The summed E-state index contributed by atoms with van der Waals surface area (Å²) in [6, 6.07) is 11.7. The van der Waals surface area contributed by atoms with E-state index in [-0.39, 0.29) is 23.8 Å². The van der Waals surface area contributed by atoms with Gasteiger partial charge in [0.2, 0.25) is 0 Å². The first-order valence-electron chi connectivity index (χ1n) is 11.9. The second kappa shape index (κ2) is 11.0. The summed E-state index contributed by atoms with van der Waals surface area (Å²) in [5, 5.41) is 16.4. The van der Waals surface area contributed by atoms with Crippen LogP contribution in [0.2, 0.25) is 0 Å². The standard InChI is InChI=1S/C27H29F3N4O3/c1-33-13-10-19(11-14-33)32-22-6-3-7-24-21(22)16-20(34(24)17-27(28,29)30)5-4-12-31-23-9-8-18(26(35)36)15-25(23)37-2/h3,6-9,15-16,19,31-32H,10-14,17H2,1-2H3,(H,35,36). The molecule has 1 fully saturated rings. The van der Waals surface area contributed by atoms with Gasteiger partial charge in [-0.15, -0.1) is 0 Å². The van der Waals surface area contributed by atoms with Gasteiger partial charge in [-0.1, -0.05) is 12.0 Å². The average molecular weight is 515 g/mol. The predicted octanol–water partition coefficient (Wildman–Crippen LogP) is 4.88. The van der Waals surface area contributed by atoms with Crippen LogP contribution in [0.3, 0.4) is 0 Å². The van der Waals surface area contributed by atoms with Crippen LogP contribution in [0, 0.1) is 11.8 Å². The monoisotopic (exact) mass is 514 g/mol. The van der Waals surface area contributed by atoms with Crippen LogP contribution in [0.1, 0.15) is 28.9 Å². The number of methoxy groups -OCH3 is 1. The van der Waals surface area contributed by atoms with Crippen LogP contribution in [0.15, 0.2) is 42.5 Å². The Morgan fingerprint density at radius 3 is 2.59 bits per heavy atom. The van der Waals surface area contributed by atoms with Crippen molar-refractivity contribution in [2.45, 2.75) is 31.6 Å². The molecule has 1 aliphatic rings. The smallest absolute Gasteiger partial charge is 0.406 e. The number of alkyl halides is 3. The third-order valence-electron chi connectivity index (χ3n) is 6.39. The number of hydrogen-bond acceptors (Lipinski definition) is 5. The molecule has 0 radical (unpaired) electrons. The van der Waals surface area contributed by atoms with E-state index in [0.29, 0.717) is 22.3 Å². The molecule has 0 bridgehead atoms. The van der Waals surface area contributed by atoms with Crippen molar-refractivity contribution in [1.82, 2.24) is 9.47 Å². The number of anilines is 2. The van der Waals surface area contributed by atoms with Crippen molar-refractivity contribution in [2.75, 3.05) is 44.4 Å². The summed E-state index contributed by atoms with van der Waals surface area (Å²) >= 11 is 0. The molecule has 2 heterocycles. The Morgan fingerprint density at radius 1 is 1.16 bits per heavy atom. The van der Waals surface area contributed by atoms with Crippen LogP contribution in [-0.2, 0) is 6.54 Å². The van der Waals surface area contributed by atoms with E-state index in [1.165, 1.54) is 23.8 Å². The van der Waals surface area contributed by atoms with Crippen LogP contribution in [0.4, 0.5) is 24.5 Å². The Bertz CT molecular complexity index is 1330. The molecule has 196 valence electrons. The van der Waals surface area contributed by atoms with Gasteiger partial charge >= 0.3 is 12.1 Å². The van der Waals surface area contributed by atoms with Crippen LogP contribution in [0.5, 0.6) is 5.75 Å². The normalized spacial score (nSPS) is 14.7. The fourth-order valence-electron chi connectivity index (χ4n) is 4.48. The van der Waals surface area contributed by atoms with Crippen molar-refractivity contribution in [3.05, 3.63) is 53.7 Å². The molecule has 4 rings (SSSR count). The Morgan fingerprint density at radius 2 is 1.92 bits per heavy atom. The van der Waals surface area contributed by atoms with Gasteiger partial charge in [0.25, 0.3) is 0 Å². The largest absolute Gasteiger partial charge is 0.495 e. The minimum atomic E-state index is -4.41. The van der Waals surface area contributed by atoms with Gasteiger partial charge in [-0.05, 0) is 75.3 Å². The molecule has 3 N–H and O–H groups in total. The number of fused-ring (bicyclic) bond motifs is 1. The molecule has 2 aromatic carbocycles. The molecule has 3 aromatic rings. The van der Waals surface area contributed by atoms with Crippen molar-refractivity contribution < 1.29 is 27.8 Å². The second-order valence-corrected chi connectivity index (χ2v) is 9.07. The third kappa shape index (κ3) is 6.49. The van der Waals surface area contributed by atoms with Crippen molar-refractivity contribution in [3.63, 3.8) is 0 Å². The Balaban J connectivity index is 1.59. The highest BCUT2D eigenvalue weighted by atomic mass is 19.4. The zero-order valence-electron chi connectivity index (χ0n) is 20.7. The number of halogens is 3. The van der Waals surface area contributed by atoms with E-state index < -0.39 is 18.7 Å². The van der Waals surface area contributed by atoms with Crippen molar-refractivity contribution in [2.24, 2.45) is 0 Å². The lowest BCUT2D eigenvalue weighted by molar-refractivity contribution is -0.140. The van der Waals surface area contributed by atoms with Crippen molar-refractivity contribution in [1.29, 1.82) is 0 Å². The number of likely N-dealkylation sites (tertiary alicyclic amines) is 1. The zero-order valence-corrected chi connectivity index (χ0v) is 20.7. The van der Waals surface area contributed by atoms with Gasteiger partial charge in [0.05, 0.1) is 36.1 Å². The highest BCUT2D eigenvalue weighted by Gasteiger charge is 2.30. The van der Waals surface area contributed by atoms with Gasteiger partial charge in [0.1, 0.15) is 12.3 Å². The van der Waals surface area contributed by atoms with E-state index in [1.807, 2.05) is 6.07 Å². The van der Waals surface area contributed by atoms with E-state index in [2.05, 4.69) is 34.4 Å². The Kier molecular flexibility index (Phi) is 7.83. The Labute approximate surface area is 213 Å². The summed E-state index contributed by atoms with van der Waals surface area (Å²) < 4.78 is 46.8. The van der Waals surface area contributed by atoms with E-state index in [4.69, 9.17) is 9.84 Å². The average Bonchev–Trinajstić information content (AvgIpc) is 3.19. The molecule has 0 aliphatic carbocycles. The highest BCUT2D eigenvalue weighted by molar-refractivity contribution is 5.94. The molecule has 37 heavy (non-hydrogen) atoms. The Hall–Kier alpha value is -3.84. The van der Waals surface area contributed by atoms with Gasteiger partial charge in [-0.3, -0.25) is 0 Å². The topological polar surface area (TPSA) is 78.8 Å². The third-order valence-corrected chi connectivity index (χ3v) is 6.39. The molecule has 1 aliphatic heterocycles. The second-order valence-electron chi connectivity index (χ2n) is 9.07. The fraction of sp³-hybridized carbons (Fsp3) is 0.370. The van der Waals surface area contributed by atoms with Crippen LogP contribution >= 0.6 is 0 Å². The molecule has 0 saturated carbocycles. The number of piperidine rings is 1. The summed E-state index contributed by atoms with van der Waals surface area (Å²) in [6.07, 6.45) is -2.48. The molecule has 0 atom stereocenters. The molecule has 0 amide bonds. The van der Waals surface area contributed by atoms with Gasteiger partial charge in [-0.2, -0.15) is 13.2 Å². The number of benzene rings is 2. The number of carboxylic acid groups (broad SMARTS) is 1. The number of rotatable bonds is 7. The quantitative estimate of drug-likeness (QED) is 0.390. The lowest BCUT2D eigenvalue weighted by Crippen LogP contribution is -2.36. The number of aromatic carboxylic acids is 1. The summed E-state index contributed by atoms with van der Waals surface area (Å²) in [6.45, 7) is 0.916. The maximum Gasteiger partial charge on any atom is 0.406 e. The maximum absolute atomic E-state index is 13.5. The number of carboxylic acids is 1. The maximum atomic E-state index is 13.5. The molecule has 7 nitrogen and oxygen atoms in total. The number of aromatic nitrogens is 1. The van der Waals surface area contributed by atoms with Gasteiger partial charge in [0.15, 0.2) is 0 Å². The first kappa shape index (κ1) is 26.2. The van der Waals surface area contributed by atoms with Crippen LogP contribution < -0.4 is 15.4 Å². The molecule has 1 aromatic heterocycles. The van der Waals surface area contributed by atoms with Gasteiger partial charge < -0.3 is 29.9 Å². The molecule has 0 unspecified atom stereocenters. The lowest BCUT2D eigenvalue weighted by atomic mass is 10.0. The number of nitrogens with one attached hydrogen (secondary N) is 2. The number of nitrogens with zero attached hydrogens (tertiary/aromatic N) is 2. The summed E-state index contributed by atoms with van der Waals surface area (Å²) in [4.78, 5) is 13.4. The summed E-state index contributed by atoms with van der Waals surface area (Å²) in [5.41, 5.74) is 2.15. The van der Waals surface area contributed by atoms with E-state index in [0.717, 1.165) is 31.6 Å². The zero-order chi connectivity index (χ0) is 26.6. The van der Waals surface area contributed by atoms with E-state index >= 15 is 0 Å². The number of carbonyl (C=O) groups is 1. The fourth-order valence-corrected chi connectivity index (χ4v) is 4.48. The SMILES string of the molecule is COc1cc(C(=O)O)ccc1NCC#Cc1cc2c(NC3CCN(C)CC3)cccc2n1CC(F)(F)F. The minimum Gasteiger partial charge on any atom is -0.495 e. The summed E-state index contributed by atoms with van der Waals surface area (Å²) in [5.74, 6) is 5.02. The van der Waals surface area contributed by atoms with Gasteiger partial charge in [-0.25, -0.2) is 4.79 Å². The van der Waals surface area contributed by atoms with Crippen molar-refractivity contribution >= 4 is 28.2 Å². The van der Waals surface area contributed by atoms with Crippen LogP contribution in [0.25, 0.3) is 10.9 Å². The molecule has 0 spiro atoms. The predicted molar refractivity (Wildman–Crippen MR) is 137 cm³/mol. The first-order chi connectivity index (χ1) is 17.6. The molecule has 10 heteroatoms. The van der Waals surface area contributed by atoms with Gasteiger partial charge in [0, 0.05) is 17.1 Å². The first-order valence-corrected chi connectivity index (χ1v) is 11.9. The molecule has 1 saturated heterocycles. The number of hydrogen-bond donors (Lipinski definition) is 3. The van der Waals surface area contributed by atoms with E-state index in [9.17, 15) is 18.0 Å². The van der Waals surface area contributed by atoms with E-state index in [1.54, 1.807) is 24.3 Å². The summed E-state index contributed by atoms with van der Waals surface area (Å²) in [7, 11) is 3.50. The van der Waals surface area contributed by atoms with Crippen molar-refractivity contribution in [3.8, 4) is 17.6 Å². The molecular weight excluding hydrogens is 485 g/mol.